The molecule has 128 valence electrons. The SMILES string of the molecule is CCCCCC(CCCCCCCCCCO)S(=O)(=O)[O-].[Na+]. The molecule has 22 heavy (non-hydrogen) atoms. The van der Waals surface area contributed by atoms with Gasteiger partial charge in [0.25, 0.3) is 0 Å². The molecule has 0 fully saturated rings. The van der Waals surface area contributed by atoms with Crippen molar-refractivity contribution >= 4 is 10.1 Å². The van der Waals surface area contributed by atoms with Crippen molar-refractivity contribution < 1.29 is 47.6 Å². The molecule has 0 aliphatic rings. The minimum Gasteiger partial charge on any atom is -0.748 e. The Morgan fingerprint density at radius 2 is 1.23 bits per heavy atom. The molecule has 1 unspecified atom stereocenters. The van der Waals surface area contributed by atoms with Gasteiger partial charge in [-0.05, 0) is 19.3 Å². The first-order valence-corrected chi connectivity index (χ1v) is 10.0. The third kappa shape index (κ3) is 15.8. The third-order valence-corrected chi connectivity index (χ3v) is 5.26. The van der Waals surface area contributed by atoms with Crippen LogP contribution in [-0.2, 0) is 10.1 Å². The number of aliphatic hydroxyl groups excluding tert-OH is 1. The molecule has 0 spiro atoms. The summed E-state index contributed by atoms with van der Waals surface area (Å²) in [6.07, 6.45) is 12.4. The summed E-state index contributed by atoms with van der Waals surface area (Å²) in [5.74, 6) is 0. The topological polar surface area (TPSA) is 77.4 Å². The zero-order chi connectivity index (χ0) is 16.0. The zero-order valence-electron chi connectivity index (χ0n) is 14.6. The first-order chi connectivity index (χ1) is 10.0. The Morgan fingerprint density at radius 1 is 0.818 bits per heavy atom. The molecule has 1 atom stereocenters. The molecule has 0 saturated carbocycles. The Morgan fingerprint density at radius 3 is 1.64 bits per heavy atom. The molecule has 0 aromatic carbocycles. The quantitative estimate of drug-likeness (QED) is 0.273. The van der Waals surface area contributed by atoms with Gasteiger partial charge in [-0.1, -0.05) is 71.1 Å². The van der Waals surface area contributed by atoms with Crippen molar-refractivity contribution in [1.29, 1.82) is 0 Å². The van der Waals surface area contributed by atoms with Crippen LogP contribution in [0.25, 0.3) is 0 Å². The molecule has 0 bridgehead atoms. The number of hydrogen-bond donors (Lipinski definition) is 1. The van der Waals surface area contributed by atoms with Gasteiger partial charge in [0.2, 0.25) is 0 Å². The van der Waals surface area contributed by atoms with Gasteiger partial charge in [0, 0.05) is 11.9 Å². The Balaban J connectivity index is 0. The Bertz CT molecular complexity index is 320. The van der Waals surface area contributed by atoms with E-state index in [-0.39, 0.29) is 36.2 Å². The summed E-state index contributed by atoms with van der Waals surface area (Å²) in [4.78, 5) is 0. The van der Waals surface area contributed by atoms with Crippen LogP contribution in [-0.4, -0.2) is 29.9 Å². The summed E-state index contributed by atoms with van der Waals surface area (Å²) in [7, 11) is -4.13. The first-order valence-electron chi connectivity index (χ1n) is 8.58. The zero-order valence-corrected chi connectivity index (χ0v) is 17.4. The second-order valence-electron chi connectivity index (χ2n) is 5.95. The van der Waals surface area contributed by atoms with Crippen LogP contribution < -0.4 is 29.6 Å². The van der Waals surface area contributed by atoms with Crippen molar-refractivity contribution in [2.24, 2.45) is 0 Å². The van der Waals surface area contributed by atoms with Gasteiger partial charge < -0.3 is 9.66 Å². The van der Waals surface area contributed by atoms with E-state index in [1.807, 2.05) is 0 Å². The molecule has 0 heterocycles. The molecule has 0 saturated heterocycles. The third-order valence-electron chi connectivity index (χ3n) is 3.97. The van der Waals surface area contributed by atoms with E-state index >= 15 is 0 Å². The number of hydrogen-bond acceptors (Lipinski definition) is 4. The van der Waals surface area contributed by atoms with E-state index in [1.54, 1.807) is 0 Å². The largest absolute Gasteiger partial charge is 1.00 e. The second kappa shape index (κ2) is 16.7. The summed E-state index contributed by atoms with van der Waals surface area (Å²) < 4.78 is 33.6. The standard InChI is InChI=1S/C16H34O4S.Na/c1-2-3-10-13-16(21(18,19)20)14-11-8-6-4-5-7-9-12-15-17;/h16-17H,2-15H2,1H3,(H,18,19,20);/q;+1/p-1. The van der Waals surface area contributed by atoms with Crippen LogP contribution in [0, 0.1) is 0 Å². The molecule has 1 N–H and O–H groups in total. The monoisotopic (exact) mass is 344 g/mol. The van der Waals surface area contributed by atoms with Crippen molar-refractivity contribution in [3.05, 3.63) is 0 Å². The molecule has 0 rings (SSSR count). The van der Waals surface area contributed by atoms with Crippen LogP contribution >= 0.6 is 0 Å². The average Bonchev–Trinajstić information content (AvgIpc) is 2.42. The van der Waals surface area contributed by atoms with Gasteiger partial charge in [0.1, 0.15) is 0 Å². The van der Waals surface area contributed by atoms with Crippen molar-refractivity contribution in [1.82, 2.24) is 0 Å². The van der Waals surface area contributed by atoms with E-state index in [1.165, 1.54) is 6.42 Å². The summed E-state index contributed by atoms with van der Waals surface area (Å²) in [5, 5.41) is 7.99. The van der Waals surface area contributed by atoms with Crippen molar-refractivity contribution in [2.75, 3.05) is 6.61 Å². The number of rotatable bonds is 15. The van der Waals surface area contributed by atoms with Crippen molar-refractivity contribution in [2.45, 2.75) is 95.6 Å². The summed E-state index contributed by atoms with van der Waals surface area (Å²) in [6, 6.07) is 0. The van der Waals surface area contributed by atoms with E-state index in [2.05, 4.69) is 6.92 Å². The van der Waals surface area contributed by atoms with Crippen LogP contribution in [0.3, 0.4) is 0 Å². The van der Waals surface area contributed by atoms with Crippen LogP contribution in [0.15, 0.2) is 0 Å². The first kappa shape index (κ1) is 25.1. The van der Waals surface area contributed by atoms with Crippen LogP contribution in [0.4, 0.5) is 0 Å². The van der Waals surface area contributed by atoms with E-state index in [0.717, 1.165) is 64.2 Å². The summed E-state index contributed by atoms with van der Waals surface area (Å²) in [5.41, 5.74) is 0. The summed E-state index contributed by atoms with van der Waals surface area (Å²) >= 11 is 0. The maximum atomic E-state index is 11.2. The van der Waals surface area contributed by atoms with Crippen LogP contribution in [0.5, 0.6) is 0 Å². The molecule has 0 aromatic rings. The molecule has 4 nitrogen and oxygen atoms in total. The van der Waals surface area contributed by atoms with E-state index in [0.29, 0.717) is 12.8 Å². The van der Waals surface area contributed by atoms with Gasteiger partial charge in [-0.2, -0.15) is 0 Å². The Labute approximate surface area is 159 Å². The van der Waals surface area contributed by atoms with Gasteiger partial charge in [-0.25, -0.2) is 8.42 Å². The minimum absolute atomic E-state index is 0. The van der Waals surface area contributed by atoms with E-state index in [4.69, 9.17) is 5.11 Å². The van der Waals surface area contributed by atoms with Gasteiger partial charge >= 0.3 is 29.6 Å². The normalized spacial score (nSPS) is 12.9. The maximum absolute atomic E-state index is 11.2. The fourth-order valence-electron chi connectivity index (χ4n) is 2.60. The van der Waals surface area contributed by atoms with Crippen LogP contribution in [0.1, 0.15) is 90.4 Å². The molecular formula is C16H33NaO4S. The van der Waals surface area contributed by atoms with Crippen molar-refractivity contribution in [3.8, 4) is 0 Å². The van der Waals surface area contributed by atoms with Gasteiger partial charge in [-0.15, -0.1) is 0 Å². The fraction of sp³-hybridized carbons (Fsp3) is 1.00. The Kier molecular flexibility index (Phi) is 19.1. The van der Waals surface area contributed by atoms with Crippen LogP contribution in [0.2, 0.25) is 0 Å². The maximum Gasteiger partial charge on any atom is 1.00 e. The molecule has 0 radical (unpaired) electrons. The molecular weight excluding hydrogens is 311 g/mol. The van der Waals surface area contributed by atoms with Gasteiger partial charge in [-0.3, -0.25) is 0 Å². The van der Waals surface area contributed by atoms with Gasteiger partial charge in [0.05, 0.1) is 10.1 Å². The average molecular weight is 344 g/mol. The second-order valence-corrected chi connectivity index (χ2v) is 7.60. The van der Waals surface area contributed by atoms with E-state index in [9.17, 15) is 13.0 Å². The predicted molar refractivity (Wildman–Crippen MR) is 86.3 cm³/mol. The van der Waals surface area contributed by atoms with E-state index < -0.39 is 15.4 Å². The van der Waals surface area contributed by atoms with Crippen molar-refractivity contribution in [3.63, 3.8) is 0 Å². The predicted octanol–water partition coefficient (Wildman–Crippen LogP) is 0.988. The Hall–Kier alpha value is 0.870. The molecule has 0 amide bonds. The molecule has 6 heteroatoms. The smallest absolute Gasteiger partial charge is 0.748 e. The fourth-order valence-corrected chi connectivity index (χ4v) is 3.51. The number of unbranched alkanes of at least 4 members (excludes halogenated alkanes) is 9. The van der Waals surface area contributed by atoms with Gasteiger partial charge in [0.15, 0.2) is 0 Å². The molecule has 0 aromatic heterocycles. The molecule has 0 aliphatic heterocycles. The molecule has 0 aliphatic carbocycles. The number of aliphatic hydroxyl groups is 1. The minimum atomic E-state index is -4.13. The summed E-state index contributed by atoms with van der Waals surface area (Å²) in [6.45, 7) is 2.35.